The van der Waals surface area contributed by atoms with E-state index in [1.807, 2.05) is 31.2 Å². The van der Waals surface area contributed by atoms with E-state index in [0.29, 0.717) is 5.75 Å². The van der Waals surface area contributed by atoms with Gasteiger partial charge in [0.25, 0.3) is 0 Å². The van der Waals surface area contributed by atoms with Crippen molar-refractivity contribution in [2.24, 2.45) is 0 Å². The van der Waals surface area contributed by atoms with E-state index in [0.717, 1.165) is 22.2 Å². The summed E-state index contributed by atoms with van der Waals surface area (Å²) in [5.74, 6) is 0.155. The molecule has 20 heavy (non-hydrogen) atoms. The van der Waals surface area contributed by atoms with Crippen molar-refractivity contribution in [3.63, 3.8) is 0 Å². The van der Waals surface area contributed by atoms with Crippen molar-refractivity contribution in [1.82, 2.24) is 0 Å². The number of hydrogen-bond donors (Lipinski definition) is 0. The van der Waals surface area contributed by atoms with Crippen molar-refractivity contribution in [3.05, 3.63) is 59.9 Å². The molecule has 1 atom stereocenters. The predicted molar refractivity (Wildman–Crippen MR) is 78.5 cm³/mol. The Hall–Kier alpha value is -1.81. The van der Waals surface area contributed by atoms with E-state index in [1.54, 1.807) is 6.92 Å². The highest BCUT2D eigenvalue weighted by molar-refractivity contribution is 8.13. The number of halogens is 1. The summed E-state index contributed by atoms with van der Waals surface area (Å²) in [6, 6.07) is 13.4. The number of benzene rings is 2. The maximum atomic E-state index is 12.8. The van der Waals surface area contributed by atoms with Crippen molar-refractivity contribution in [1.29, 1.82) is 0 Å². The summed E-state index contributed by atoms with van der Waals surface area (Å²) in [4.78, 5) is 12.9. The molecule has 0 aliphatic heterocycles. The second-order valence-corrected chi connectivity index (χ2v) is 5.53. The summed E-state index contributed by atoms with van der Waals surface area (Å²) in [6.45, 7) is 3.68. The summed E-state index contributed by atoms with van der Waals surface area (Å²) in [5, 5.41) is -0.0850. The smallest absolute Gasteiger partial charge is 0.233 e. The van der Waals surface area contributed by atoms with Crippen LogP contribution in [0.1, 0.15) is 12.5 Å². The molecule has 2 aromatic rings. The van der Waals surface area contributed by atoms with Gasteiger partial charge >= 0.3 is 0 Å². The fraction of sp³-hybridized carbons (Fsp3) is 0.188. The Kier molecular flexibility index (Phi) is 4.79. The summed E-state index contributed by atoms with van der Waals surface area (Å²) in [5.41, 5.74) is 1.15. The molecule has 0 aliphatic rings. The Morgan fingerprint density at radius 1 is 1.10 bits per heavy atom. The van der Waals surface area contributed by atoms with Crippen LogP contribution in [-0.2, 0) is 4.79 Å². The molecule has 0 aromatic heterocycles. The second kappa shape index (κ2) is 6.57. The molecule has 0 fully saturated rings. The summed E-state index contributed by atoms with van der Waals surface area (Å²) >= 11 is 1.14. The largest absolute Gasteiger partial charge is 0.482 e. The van der Waals surface area contributed by atoms with Crippen LogP contribution in [0.25, 0.3) is 0 Å². The third kappa shape index (κ3) is 4.10. The van der Waals surface area contributed by atoms with Crippen LogP contribution in [0.5, 0.6) is 5.75 Å². The summed E-state index contributed by atoms with van der Waals surface area (Å²) < 4.78 is 18.3. The van der Waals surface area contributed by atoms with Crippen LogP contribution in [0, 0.1) is 12.7 Å². The standard InChI is InChI=1S/C16H15FO2S/c1-11-3-9-15(10-4-11)20-16(18)12(2)19-14-7-5-13(17)6-8-14/h3-10,12H,1-2H3. The first-order valence-corrected chi connectivity index (χ1v) is 7.07. The number of carbonyl (C=O) groups is 1. The number of thioether (sulfide) groups is 1. The van der Waals surface area contributed by atoms with Gasteiger partial charge in [-0.15, -0.1) is 0 Å². The van der Waals surface area contributed by atoms with Gasteiger partial charge < -0.3 is 4.74 Å². The summed E-state index contributed by atoms with van der Waals surface area (Å²) in [7, 11) is 0. The van der Waals surface area contributed by atoms with Crippen LogP contribution in [0.3, 0.4) is 0 Å². The molecular formula is C16H15FO2S. The van der Waals surface area contributed by atoms with Gasteiger partial charge in [-0.2, -0.15) is 0 Å². The van der Waals surface area contributed by atoms with Crippen LogP contribution in [0.4, 0.5) is 4.39 Å². The Morgan fingerprint density at radius 2 is 1.70 bits per heavy atom. The van der Waals surface area contributed by atoms with Gasteiger partial charge in [-0.3, -0.25) is 4.79 Å². The van der Waals surface area contributed by atoms with Gasteiger partial charge in [0.1, 0.15) is 11.6 Å². The van der Waals surface area contributed by atoms with E-state index in [9.17, 15) is 9.18 Å². The monoisotopic (exact) mass is 290 g/mol. The van der Waals surface area contributed by atoms with Gasteiger partial charge in [-0.25, -0.2) is 4.39 Å². The topological polar surface area (TPSA) is 26.3 Å². The van der Waals surface area contributed by atoms with Gasteiger partial charge in [-0.05, 0) is 62.0 Å². The SMILES string of the molecule is Cc1ccc(SC(=O)C(C)Oc2ccc(F)cc2)cc1. The molecule has 2 aromatic carbocycles. The minimum absolute atomic E-state index is 0.0850. The zero-order valence-corrected chi connectivity index (χ0v) is 12.1. The van der Waals surface area contributed by atoms with Gasteiger partial charge in [0.15, 0.2) is 6.10 Å². The van der Waals surface area contributed by atoms with E-state index >= 15 is 0 Å². The second-order valence-electron chi connectivity index (χ2n) is 4.45. The molecule has 0 heterocycles. The van der Waals surface area contributed by atoms with Gasteiger partial charge in [0.05, 0.1) is 0 Å². The molecule has 0 spiro atoms. The predicted octanol–water partition coefficient (Wildman–Crippen LogP) is 4.22. The van der Waals surface area contributed by atoms with Crippen LogP contribution in [-0.4, -0.2) is 11.2 Å². The molecule has 0 radical (unpaired) electrons. The van der Waals surface area contributed by atoms with Gasteiger partial charge in [0.2, 0.25) is 5.12 Å². The average Bonchev–Trinajstić information content (AvgIpc) is 2.44. The zero-order valence-electron chi connectivity index (χ0n) is 11.3. The molecule has 2 rings (SSSR count). The van der Waals surface area contributed by atoms with Crippen molar-refractivity contribution in [2.45, 2.75) is 24.8 Å². The minimum atomic E-state index is -0.591. The van der Waals surface area contributed by atoms with Crippen molar-refractivity contribution in [3.8, 4) is 5.75 Å². The van der Waals surface area contributed by atoms with E-state index in [-0.39, 0.29) is 10.9 Å². The van der Waals surface area contributed by atoms with Crippen molar-refractivity contribution < 1.29 is 13.9 Å². The fourth-order valence-corrected chi connectivity index (χ4v) is 2.29. The highest BCUT2D eigenvalue weighted by Gasteiger charge is 2.16. The lowest BCUT2D eigenvalue weighted by Crippen LogP contribution is -2.20. The number of aryl methyl sites for hydroxylation is 1. The number of carbonyl (C=O) groups excluding carboxylic acids is 1. The van der Waals surface area contributed by atoms with Crippen LogP contribution >= 0.6 is 11.8 Å². The van der Waals surface area contributed by atoms with E-state index in [4.69, 9.17) is 4.74 Å². The molecule has 0 saturated carbocycles. The van der Waals surface area contributed by atoms with Crippen LogP contribution < -0.4 is 4.74 Å². The lowest BCUT2D eigenvalue weighted by Gasteiger charge is -2.13. The first-order valence-electron chi connectivity index (χ1n) is 6.25. The van der Waals surface area contributed by atoms with Crippen molar-refractivity contribution >= 4 is 16.9 Å². The molecule has 0 aliphatic carbocycles. The van der Waals surface area contributed by atoms with Crippen LogP contribution in [0.15, 0.2) is 53.4 Å². The van der Waals surface area contributed by atoms with Crippen LogP contribution in [0.2, 0.25) is 0 Å². The van der Waals surface area contributed by atoms with Gasteiger partial charge in [0, 0.05) is 4.90 Å². The number of hydrogen-bond acceptors (Lipinski definition) is 3. The molecule has 0 bridgehead atoms. The molecule has 4 heteroatoms. The number of rotatable bonds is 4. The highest BCUT2D eigenvalue weighted by Crippen LogP contribution is 2.22. The number of ether oxygens (including phenoxy) is 1. The molecule has 0 N–H and O–H groups in total. The van der Waals surface area contributed by atoms with E-state index in [1.165, 1.54) is 24.3 Å². The third-order valence-corrected chi connectivity index (χ3v) is 3.74. The zero-order chi connectivity index (χ0) is 14.5. The minimum Gasteiger partial charge on any atom is -0.482 e. The van der Waals surface area contributed by atoms with Gasteiger partial charge in [-0.1, -0.05) is 17.7 Å². The first kappa shape index (κ1) is 14.6. The lowest BCUT2D eigenvalue weighted by molar-refractivity contribution is -0.116. The Labute approximate surface area is 122 Å². The highest BCUT2D eigenvalue weighted by atomic mass is 32.2. The third-order valence-electron chi connectivity index (χ3n) is 2.70. The van der Waals surface area contributed by atoms with E-state index < -0.39 is 6.10 Å². The Bertz CT molecular complexity index is 578. The fourth-order valence-electron chi connectivity index (χ4n) is 1.57. The van der Waals surface area contributed by atoms with Crippen molar-refractivity contribution in [2.75, 3.05) is 0 Å². The Balaban J connectivity index is 1.94. The average molecular weight is 290 g/mol. The molecule has 104 valence electrons. The molecular weight excluding hydrogens is 275 g/mol. The van der Waals surface area contributed by atoms with E-state index in [2.05, 4.69) is 0 Å². The molecule has 1 unspecified atom stereocenters. The first-order chi connectivity index (χ1) is 9.54. The lowest BCUT2D eigenvalue weighted by atomic mass is 10.2. The maximum absolute atomic E-state index is 12.8. The normalized spacial score (nSPS) is 11.9. The molecule has 0 amide bonds. The summed E-state index contributed by atoms with van der Waals surface area (Å²) in [6.07, 6.45) is -0.591. The molecule has 0 saturated heterocycles. The maximum Gasteiger partial charge on any atom is 0.233 e. The Morgan fingerprint density at radius 3 is 2.30 bits per heavy atom. The molecule has 2 nitrogen and oxygen atoms in total. The quantitative estimate of drug-likeness (QED) is 0.789.